The maximum atomic E-state index is 5.95. The second kappa shape index (κ2) is 12.6. The summed E-state index contributed by atoms with van der Waals surface area (Å²) in [4.78, 5) is 12.0. The highest BCUT2D eigenvalue weighted by Gasteiger charge is 2.28. The van der Waals surface area contributed by atoms with E-state index in [1.165, 1.54) is 44.9 Å². The molecule has 1 saturated carbocycles. The van der Waals surface area contributed by atoms with Gasteiger partial charge in [-0.2, -0.15) is 4.99 Å². The highest BCUT2D eigenvalue weighted by Crippen LogP contribution is 2.34. The molecule has 6 heteroatoms. The number of nitrogens with zero attached hydrogens (tertiary/aromatic N) is 4. The first-order valence-corrected chi connectivity index (χ1v) is 12.4. The van der Waals surface area contributed by atoms with Gasteiger partial charge in [-0.1, -0.05) is 50.3 Å². The molecule has 1 aliphatic heterocycles. The van der Waals surface area contributed by atoms with Gasteiger partial charge in [-0.15, -0.1) is 6.58 Å². The van der Waals surface area contributed by atoms with Crippen LogP contribution < -0.4 is 5.73 Å². The van der Waals surface area contributed by atoms with Crippen LogP contribution in [0.15, 0.2) is 41.9 Å². The zero-order valence-electron chi connectivity index (χ0n) is 20.0. The van der Waals surface area contributed by atoms with Crippen molar-refractivity contribution in [1.82, 2.24) is 14.5 Å². The van der Waals surface area contributed by atoms with Crippen molar-refractivity contribution < 1.29 is 4.74 Å². The van der Waals surface area contributed by atoms with Crippen LogP contribution in [-0.2, 0) is 4.74 Å². The van der Waals surface area contributed by atoms with Gasteiger partial charge in [0.2, 0.25) is 5.95 Å². The SMILES string of the molecule is C=CC.CCO/C(N)=N/c1nc2ccccc2n1C1CCN(C2CCCCCCC2)CC1. The number of fused-ring (bicyclic) bond motifs is 1. The lowest BCUT2D eigenvalue weighted by Crippen LogP contribution is -2.42. The Morgan fingerprint density at radius 2 is 1.72 bits per heavy atom. The van der Waals surface area contributed by atoms with E-state index in [-0.39, 0.29) is 6.02 Å². The fourth-order valence-corrected chi connectivity index (χ4v) is 5.06. The van der Waals surface area contributed by atoms with E-state index in [1.54, 1.807) is 6.08 Å². The number of aromatic nitrogens is 2. The van der Waals surface area contributed by atoms with Gasteiger partial charge < -0.3 is 19.9 Å². The first-order valence-electron chi connectivity index (χ1n) is 12.4. The molecule has 1 aromatic carbocycles. The molecule has 4 rings (SSSR count). The molecule has 0 atom stereocenters. The van der Waals surface area contributed by atoms with Gasteiger partial charge in [0.25, 0.3) is 6.02 Å². The second-order valence-electron chi connectivity index (χ2n) is 8.83. The number of allylic oxidation sites excluding steroid dienone is 1. The molecule has 2 aliphatic rings. The van der Waals surface area contributed by atoms with Crippen LogP contribution in [0.4, 0.5) is 5.95 Å². The lowest BCUT2D eigenvalue weighted by molar-refractivity contribution is 0.117. The van der Waals surface area contributed by atoms with Gasteiger partial charge in [0.05, 0.1) is 17.6 Å². The molecule has 2 aromatic rings. The van der Waals surface area contributed by atoms with E-state index in [2.05, 4.69) is 33.2 Å². The maximum absolute atomic E-state index is 5.95. The first-order chi connectivity index (χ1) is 15.7. The Labute approximate surface area is 193 Å². The van der Waals surface area contributed by atoms with Crippen LogP contribution in [0.3, 0.4) is 0 Å². The Balaban J connectivity index is 0.000000913. The molecule has 2 N–H and O–H groups in total. The maximum Gasteiger partial charge on any atom is 0.289 e. The third kappa shape index (κ3) is 6.35. The summed E-state index contributed by atoms with van der Waals surface area (Å²) in [6.07, 6.45) is 13.8. The Morgan fingerprint density at radius 3 is 2.38 bits per heavy atom. The van der Waals surface area contributed by atoms with Gasteiger partial charge in [-0.3, -0.25) is 0 Å². The number of nitrogens with two attached hydrogens (primary N) is 1. The van der Waals surface area contributed by atoms with Crippen molar-refractivity contribution in [2.24, 2.45) is 10.7 Å². The van der Waals surface area contributed by atoms with Gasteiger partial charge in [-0.05, 0) is 51.7 Å². The number of aliphatic imine (C=N–C) groups is 1. The number of imidazole rings is 1. The largest absolute Gasteiger partial charge is 0.465 e. The van der Waals surface area contributed by atoms with Gasteiger partial charge in [0.1, 0.15) is 0 Å². The number of amidine groups is 1. The van der Waals surface area contributed by atoms with Gasteiger partial charge >= 0.3 is 0 Å². The van der Waals surface area contributed by atoms with Crippen LogP contribution in [0, 0.1) is 0 Å². The monoisotopic (exact) mass is 439 g/mol. The van der Waals surface area contributed by atoms with E-state index in [0.29, 0.717) is 18.6 Å². The normalized spacial score (nSPS) is 19.6. The minimum absolute atomic E-state index is 0.191. The average molecular weight is 440 g/mol. The third-order valence-corrected chi connectivity index (χ3v) is 6.53. The summed E-state index contributed by atoms with van der Waals surface area (Å²) in [5.74, 6) is 0.668. The lowest BCUT2D eigenvalue weighted by atomic mass is 9.93. The lowest BCUT2D eigenvalue weighted by Gasteiger charge is -2.39. The molecule has 0 bridgehead atoms. The van der Waals surface area contributed by atoms with E-state index in [1.807, 2.05) is 26.0 Å². The van der Waals surface area contributed by atoms with Crippen molar-refractivity contribution in [1.29, 1.82) is 0 Å². The number of hydrogen-bond donors (Lipinski definition) is 1. The molecule has 1 aliphatic carbocycles. The van der Waals surface area contributed by atoms with E-state index in [4.69, 9.17) is 15.5 Å². The summed E-state index contributed by atoms with van der Waals surface area (Å²) in [5.41, 5.74) is 8.06. The van der Waals surface area contributed by atoms with Gasteiger partial charge in [0, 0.05) is 25.2 Å². The van der Waals surface area contributed by atoms with E-state index in [0.717, 1.165) is 43.0 Å². The average Bonchev–Trinajstić information content (AvgIpc) is 3.12. The Kier molecular flexibility index (Phi) is 9.60. The third-order valence-electron chi connectivity index (χ3n) is 6.53. The van der Waals surface area contributed by atoms with E-state index < -0.39 is 0 Å². The van der Waals surface area contributed by atoms with Crippen LogP contribution in [0.1, 0.15) is 77.7 Å². The number of para-hydroxylation sites is 2. The molecular formula is C26H41N5O. The zero-order valence-corrected chi connectivity index (χ0v) is 20.0. The molecule has 32 heavy (non-hydrogen) atoms. The van der Waals surface area contributed by atoms with Crippen molar-refractivity contribution in [3.8, 4) is 0 Å². The van der Waals surface area contributed by atoms with Crippen molar-refractivity contribution in [3.63, 3.8) is 0 Å². The van der Waals surface area contributed by atoms with Crippen LogP contribution in [0.2, 0.25) is 0 Å². The highest BCUT2D eigenvalue weighted by atomic mass is 16.5. The van der Waals surface area contributed by atoms with Gasteiger partial charge in [0.15, 0.2) is 0 Å². The highest BCUT2D eigenvalue weighted by molar-refractivity contribution is 5.81. The van der Waals surface area contributed by atoms with Crippen molar-refractivity contribution in [3.05, 3.63) is 36.9 Å². The minimum Gasteiger partial charge on any atom is -0.465 e. The Bertz CT molecular complexity index is 858. The number of piperidine rings is 1. The predicted octanol–water partition coefficient (Wildman–Crippen LogP) is 5.96. The number of hydrogen-bond acceptors (Lipinski definition) is 4. The summed E-state index contributed by atoms with van der Waals surface area (Å²) in [7, 11) is 0. The molecule has 0 spiro atoms. The van der Waals surface area contributed by atoms with Crippen LogP contribution in [0.25, 0.3) is 11.0 Å². The predicted molar refractivity (Wildman–Crippen MR) is 134 cm³/mol. The van der Waals surface area contributed by atoms with Crippen LogP contribution in [0.5, 0.6) is 0 Å². The standard InChI is InChI=1S/C23H35N5O.C3H6/c1-2-29-22(24)26-23-25-20-12-8-9-13-21(20)28(23)19-14-16-27(17-15-19)18-10-6-4-3-5-7-11-18;1-3-2/h8-9,12-13,18-19H,2-7,10-11,14-17H2,1H3,(H2,24,25,26);3H,1H2,2H3. The zero-order chi connectivity index (χ0) is 22.8. The quantitative estimate of drug-likeness (QED) is 0.362. The summed E-state index contributed by atoms with van der Waals surface area (Å²) in [6.45, 7) is 9.99. The topological polar surface area (TPSA) is 68.7 Å². The van der Waals surface area contributed by atoms with Gasteiger partial charge in [-0.25, -0.2) is 4.98 Å². The molecule has 2 fully saturated rings. The number of rotatable bonds is 4. The Morgan fingerprint density at radius 1 is 1.09 bits per heavy atom. The fraction of sp³-hybridized carbons (Fsp3) is 0.615. The fourth-order valence-electron chi connectivity index (χ4n) is 5.06. The molecule has 0 unspecified atom stereocenters. The molecule has 176 valence electrons. The minimum atomic E-state index is 0.191. The number of benzene rings is 1. The first kappa shape index (κ1) is 24.3. The summed E-state index contributed by atoms with van der Waals surface area (Å²) < 4.78 is 7.66. The smallest absolute Gasteiger partial charge is 0.289 e. The number of ether oxygens (including phenoxy) is 1. The number of likely N-dealkylation sites (tertiary alicyclic amines) is 1. The van der Waals surface area contributed by atoms with Crippen molar-refractivity contribution >= 4 is 23.0 Å². The van der Waals surface area contributed by atoms with E-state index >= 15 is 0 Å². The van der Waals surface area contributed by atoms with E-state index in [9.17, 15) is 0 Å². The molecule has 6 nitrogen and oxygen atoms in total. The summed E-state index contributed by atoms with van der Waals surface area (Å²) in [5, 5.41) is 0. The second-order valence-corrected chi connectivity index (χ2v) is 8.83. The molecule has 2 heterocycles. The molecular weight excluding hydrogens is 398 g/mol. The van der Waals surface area contributed by atoms with Crippen LogP contribution >= 0.6 is 0 Å². The molecule has 1 saturated heterocycles. The Hall–Kier alpha value is -2.34. The van der Waals surface area contributed by atoms with Crippen molar-refractivity contribution in [2.45, 2.75) is 83.7 Å². The summed E-state index contributed by atoms with van der Waals surface area (Å²) in [6, 6.07) is 9.66. The van der Waals surface area contributed by atoms with Crippen LogP contribution in [-0.4, -0.2) is 46.2 Å². The molecule has 0 amide bonds. The molecule has 1 aromatic heterocycles. The summed E-state index contributed by atoms with van der Waals surface area (Å²) >= 11 is 0. The van der Waals surface area contributed by atoms with Crippen molar-refractivity contribution in [2.75, 3.05) is 19.7 Å². The molecule has 0 radical (unpaired) electrons.